The molecule has 0 saturated heterocycles. The van der Waals surface area contributed by atoms with Gasteiger partial charge < -0.3 is 9.13 Å². The van der Waals surface area contributed by atoms with E-state index in [1.54, 1.807) is 0 Å². The summed E-state index contributed by atoms with van der Waals surface area (Å²) in [6.07, 6.45) is 0. The molecule has 0 amide bonds. The molecule has 2 heteroatoms. The SMILES string of the molecule is CC1(C)c2ccccc2-c2cc3c(-c4ccc5c6cc7c(cc6n(-c6ccccc6)c5c4)c4ccccc4n7-c4ccccc4)c4ccccc4c(-c4ccccc4)c3cc21. The molecule has 286 valence electrons. The highest BCUT2D eigenvalue weighted by molar-refractivity contribution is 6.24. The zero-order valence-electron chi connectivity index (χ0n) is 34.0. The first-order chi connectivity index (χ1) is 30.0. The maximum Gasteiger partial charge on any atom is 0.0548 e. The van der Waals surface area contributed by atoms with E-state index in [2.05, 4.69) is 229 Å². The largest absolute Gasteiger partial charge is 0.309 e. The van der Waals surface area contributed by atoms with Crippen LogP contribution in [0.3, 0.4) is 0 Å². The van der Waals surface area contributed by atoms with E-state index >= 15 is 0 Å². The van der Waals surface area contributed by atoms with E-state index in [-0.39, 0.29) is 5.41 Å². The average molecular weight is 777 g/mol. The Morgan fingerprint density at radius 2 is 0.787 bits per heavy atom. The molecular weight excluding hydrogens is 737 g/mol. The molecule has 61 heavy (non-hydrogen) atoms. The van der Waals surface area contributed by atoms with E-state index in [0.717, 1.165) is 11.4 Å². The van der Waals surface area contributed by atoms with Crippen LogP contribution in [0.5, 0.6) is 0 Å². The lowest BCUT2D eigenvalue weighted by molar-refractivity contribution is 0.661. The summed E-state index contributed by atoms with van der Waals surface area (Å²) in [4.78, 5) is 0. The second-order valence-corrected chi connectivity index (χ2v) is 17.3. The lowest BCUT2D eigenvalue weighted by Crippen LogP contribution is -2.14. The van der Waals surface area contributed by atoms with Crippen molar-refractivity contribution in [1.82, 2.24) is 9.13 Å². The third kappa shape index (κ3) is 4.79. The Morgan fingerprint density at radius 1 is 0.295 bits per heavy atom. The highest BCUT2D eigenvalue weighted by atomic mass is 15.0. The summed E-state index contributed by atoms with van der Waals surface area (Å²) in [6, 6.07) is 76.7. The molecule has 0 bridgehead atoms. The highest BCUT2D eigenvalue weighted by Crippen LogP contribution is 2.53. The second-order valence-electron chi connectivity index (χ2n) is 17.3. The molecule has 0 atom stereocenters. The Hall–Kier alpha value is -7.68. The van der Waals surface area contributed by atoms with Crippen LogP contribution in [0.25, 0.3) is 110 Å². The molecule has 2 nitrogen and oxygen atoms in total. The number of hydrogen-bond donors (Lipinski definition) is 0. The molecule has 1 aliphatic carbocycles. The van der Waals surface area contributed by atoms with Gasteiger partial charge in [0.25, 0.3) is 0 Å². The first kappa shape index (κ1) is 34.2. The summed E-state index contributed by atoms with van der Waals surface area (Å²) in [5, 5.41) is 10.1. The van der Waals surface area contributed by atoms with E-state index in [1.807, 2.05) is 0 Å². The van der Waals surface area contributed by atoms with Crippen LogP contribution < -0.4 is 0 Å². The molecule has 0 fully saturated rings. The van der Waals surface area contributed by atoms with Crippen molar-refractivity contribution < 1.29 is 0 Å². The monoisotopic (exact) mass is 776 g/mol. The van der Waals surface area contributed by atoms with E-state index in [0.29, 0.717) is 0 Å². The number of rotatable bonds is 4. The van der Waals surface area contributed by atoms with Gasteiger partial charge in [0, 0.05) is 38.3 Å². The second kappa shape index (κ2) is 12.7. The van der Waals surface area contributed by atoms with Gasteiger partial charge in [-0.15, -0.1) is 0 Å². The van der Waals surface area contributed by atoms with Crippen molar-refractivity contribution >= 4 is 65.2 Å². The molecule has 2 heterocycles. The van der Waals surface area contributed by atoms with Gasteiger partial charge in [0.1, 0.15) is 0 Å². The van der Waals surface area contributed by atoms with Crippen LogP contribution in [0.1, 0.15) is 25.0 Å². The fraction of sp³-hybridized carbons (Fsp3) is 0.0508. The van der Waals surface area contributed by atoms with Crippen molar-refractivity contribution in [3.05, 3.63) is 217 Å². The minimum absolute atomic E-state index is 0.119. The third-order valence-electron chi connectivity index (χ3n) is 13.7. The van der Waals surface area contributed by atoms with Crippen LogP contribution in [-0.2, 0) is 5.41 Å². The topological polar surface area (TPSA) is 9.86 Å². The summed E-state index contributed by atoms with van der Waals surface area (Å²) in [6.45, 7) is 4.77. The van der Waals surface area contributed by atoms with Crippen LogP contribution >= 0.6 is 0 Å². The van der Waals surface area contributed by atoms with Crippen molar-refractivity contribution in [3.63, 3.8) is 0 Å². The number of hydrogen-bond acceptors (Lipinski definition) is 0. The zero-order chi connectivity index (χ0) is 40.4. The summed E-state index contributed by atoms with van der Waals surface area (Å²) < 4.78 is 4.91. The van der Waals surface area contributed by atoms with E-state index < -0.39 is 0 Å². The number of aromatic nitrogens is 2. The molecule has 0 saturated carbocycles. The van der Waals surface area contributed by atoms with Crippen molar-refractivity contribution in [2.24, 2.45) is 0 Å². The minimum atomic E-state index is -0.119. The smallest absolute Gasteiger partial charge is 0.0548 e. The van der Waals surface area contributed by atoms with Gasteiger partial charge >= 0.3 is 0 Å². The first-order valence-electron chi connectivity index (χ1n) is 21.4. The molecular formula is C59H40N2. The Kier molecular flexibility index (Phi) is 7.10. The van der Waals surface area contributed by atoms with Crippen molar-refractivity contribution in [2.45, 2.75) is 19.3 Å². The number of fused-ring (bicyclic) bond motifs is 11. The van der Waals surface area contributed by atoms with Crippen LogP contribution in [0.4, 0.5) is 0 Å². The maximum absolute atomic E-state index is 2.53. The molecule has 10 aromatic carbocycles. The average Bonchev–Trinajstić information content (AvgIpc) is 3.89. The summed E-state index contributed by atoms with van der Waals surface area (Å²) in [7, 11) is 0. The zero-order valence-corrected chi connectivity index (χ0v) is 34.0. The predicted molar refractivity (Wildman–Crippen MR) is 259 cm³/mol. The van der Waals surface area contributed by atoms with Gasteiger partial charge in [0.2, 0.25) is 0 Å². The molecule has 0 aliphatic heterocycles. The fourth-order valence-corrected chi connectivity index (χ4v) is 10.9. The van der Waals surface area contributed by atoms with Crippen molar-refractivity contribution in [1.29, 1.82) is 0 Å². The molecule has 1 aliphatic rings. The Morgan fingerprint density at radius 3 is 1.46 bits per heavy atom. The van der Waals surface area contributed by atoms with E-state index in [4.69, 9.17) is 0 Å². The number of nitrogens with zero attached hydrogens (tertiary/aromatic N) is 2. The van der Waals surface area contributed by atoms with E-state index in [1.165, 1.54) is 110 Å². The van der Waals surface area contributed by atoms with Gasteiger partial charge in [-0.1, -0.05) is 159 Å². The predicted octanol–water partition coefficient (Wildman–Crippen LogP) is 15.8. The molecule has 0 radical (unpaired) electrons. The summed E-state index contributed by atoms with van der Waals surface area (Å²) in [5.41, 5.74) is 17.5. The fourth-order valence-electron chi connectivity index (χ4n) is 10.9. The Bertz CT molecular complexity index is 3760. The molecule has 12 aromatic rings. The van der Waals surface area contributed by atoms with Crippen LogP contribution in [0.15, 0.2) is 206 Å². The van der Waals surface area contributed by atoms with Crippen LogP contribution in [0.2, 0.25) is 0 Å². The normalized spacial score (nSPS) is 13.2. The Labute approximate surface area is 354 Å². The first-order valence-corrected chi connectivity index (χ1v) is 21.4. The van der Waals surface area contributed by atoms with Gasteiger partial charge in [0.05, 0.1) is 22.1 Å². The van der Waals surface area contributed by atoms with Crippen molar-refractivity contribution in [3.8, 4) is 44.8 Å². The summed E-state index contributed by atoms with van der Waals surface area (Å²) >= 11 is 0. The van der Waals surface area contributed by atoms with Gasteiger partial charge in [-0.05, 0) is 127 Å². The number of benzene rings is 10. The van der Waals surface area contributed by atoms with Gasteiger partial charge in [-0.25, -0.2) is 0 Å². The van der Waals surface area contributed by atoms with Crippen molar-refractivity contribution in [2.75, 3.05) is 0 Å². The molecule has 2 aromatic heterocycles. The Balaban J connectivity index is 1.16. The summed E-state index contributed by atoms with van der Waals surface area (Å²) in [5.74, 6) is 0. The maximum atomic E-state index is 2.53. The highest BCUT2D eigenvalue weighted by Gasteiger charge is 2.36. The molecule has 0 N–H and O–H groups in total. The van der Waals surface area contributed by atoms with Gasteiger partial charge in [0.15, 0.2) is 0 Å². The standard InChI is InChI=1S/C59H40N2/c1-59(2)51-28-16-14-24-41(51)46-33-49-50(34-52(46)59)57(37-18-6-3-7-19-37)44-26-12-13-27-45(44)58(49)38-30-31-43-48-36-55-47(35-56(48)61(54(43)32-38)40-22-10-5-11-23-40)42-25-15-17-29-53(42)60(55)39-20-8-4-9-21-39/h3-36H,1-2H3. The van der Waals surface area contributed by atoms with Crippen LogP contribution in [-0.4, -0.2) is 9.13 Å². The lowest BCUT2D eigenvalue weighted by atomic mass is 9.79. The molecule has 0 unspecified atom stereocenters. The van der Waals surface area contributed by atoms with Gasteiger partial charge in [-0.3, -0.25) is 0 Å². The minimum Gasteiger partial charge on any atom is -0.309 e. The molecule has 0 spiro atoms. The number of para-hydroxylation sites is 3. The van der Waals surface area contributed by atoms with Crippen LogP contribution in [0, 0.1) is 0 Å². The van der Waals surface area contributed by atoms with E-state index in [9.17, 15) is 0 Å². The third-order valence-corrected chi connectivity index (χ3v) is 13.7. The van der Waals surface area contributed by atoms with Gasteiger partial charge in [-0.2, -0.15) is 0 Å². The lowest BCUT2D eigenvalue weighted by Gasteiger charge is -2.24. The molecule has 13 rings (SSSR count). The quantitative estimate of drug-likeness (QED) is 0.158.